The molecule has 4 aromatic carbocycles. The second-order valence-electron chi connectivity index (χ2n) is 9.90. The molecule has 0 fully saturated rings. The van der Waals surface area contributed by atoms with Crippen LogP contribution in [0.3, 0.4) is 0 Å². The number of anilines is 1. The number of nitrogens with zero attached hydrogens (tertiary/aromatic N) is 2. The minimum absolute atomic E-state index is 0.0104. The fourth-order valence-electron chi connectivity index (χ4n) is 4.69. The number of methoxy groups -OCH3 is 1. The van der Waals surface area contributed by atoms with Gasteiger partial charge < -0.3 is 15.0 Å². The molecule has 0 aliphatic carbocycles. The van der Waals surface area contributed by atoms with E-state index in [0.29, 0.717) is 27.9 Å². The summed E-state index contributed by atoms with van der Waals surface area (Å²) in [6, 6.07) is 27.6. The normalized spacial score (nSPS) is 11.8. The monoisotopic (exact) mass is 653 g/mol. The molecule has 1 N–H and O–H groups in total. The summed E-state index contributed by atoms with van der Waals surface area (Å²) in [6.07, 6.45) is 0.199. The number of amides is 2. The molecule has 0 heterocycles. The molecule has 4 aromatic rings. The molecule has 4 rings (SSSR count). The van der Waals surface area contributed by atoms with Crippen molar-refractivity contribution in [2.24, 2.45) is 0 Å². The highest BCUT2D eigenvalue weighted by atomic mass is 35.5. The molecule has 0 saturated carbocycles. The molecule has 1 atom stereocenters. The molecule has 2 amide bonds. The molecule has 0 aliphatic heterocycles. The van der Waals surface area contributed by atoms with Gasteiger partial charge in [0.05, 0.1) is 27.7 Å². The van der Waals surface area contributed by atoms with Gasteiger partial charge in [0.2, 0.25) is 11.8 Å². The van der Waals surface area contributed by atoms with Crippen LogP contribution >= 0.6 is 23.2 Å². The second-order valence-corrected chi connectivity index (χ2v) is 12.6. The fourth-order valence-corrected chi connectivity index (χ4v) is 6.44. The van der Waals surface area contributed by atoms with Gasteiger partial charge in [0.15, 0.2) is 0 Å². The van der Waals surface area contributed by atoms with E-state index in [1.807, 2.05) is 30.3 Å². The Hall–Kier alpha value is -4.05. The van der Waals surface area contributed by atoms with Gasteiger partial charge in [-0.25, -0.2) is 8.42 Å². The lowest BCUT2D eigenvalue weighted by Gasteiger charge is -2.34. The molecule has 0 bridgehead atoms. The van der Waals surface area contributed by atoms with Crippen LogP contribution in [0.15, 0.2) is 108 Å². The molecule has 0 spiro atoms. The first kappa shape index (κ1) is 32.9. The molecule has 230 valence electrons. The minimum atomic E-state index is -4.22. The fraction of sp³-hybridized carbons (Fsp3) is 0.212. The van der Waals surface area contributed by atoms with E-state index in [9.17, 15) is 18.0 Å². The quantitative estimate of drug-likeness (QED) is 0.192. The zero-order valence-corrected chi connectivity index (χ0v) is 26.6. The minimum Gasteiger partial charge on any atom is -0.497 e. The van der Waals surface area contributed by atoms with Crippen molar-refractivity contribution in [2.45, 2.75) is 30.8 Å². The third kappa shape index (κ3) is 8.11. The molecule has 0 aromatic heterocycles. The topological polar surface area (TPSA) is 96.0 Å². The molecule has 11 heteroatoms. The zero-order chi connectivity index (χ0) is 31.7. The predicted molar refractivity (Wildman–Crippen MR) is 174 cm³/mol. The van der Waals surface area contributed by atoms with Gasteiger partial charge in [-0.2, -0.15) is 0 Å². The summed E-state index contributed by atoms with van der Waals surface area (Å²) in [5, 5.41) is 3.47. The van der Waals surface area contributed by atoms with E-state index in [4.69, 9.17) is 27.9 Å². The van der Waals surface area contributed by atoms with Crippen LogP contribution in [-0.4, -0.2) is 51.4 Å². The summed E-state index contributed by atoms with van der Waals surface area (Å²) in [6.45, 7) is 1.52. The Morgan fingerprint density at radius 1 is 0.841 bits per heavy atom. The molecular weight excluding hydrogens is 621 g/mol. The first-order valence-electron chi connectivity index (χ1n) is 13.9. The third-order valence-corrected chi connectivity index (χ3v) is 9.44. The van der Waals surface area contributed by atoms with Crippen molar-refractivity contribution >= 4 is 50.7 Å². The number of ether oxygens (including phenoxy) is 1. The summed E-state index contributed by atoms with van der Waals surface area (Å²) in [5.41, 5.74) is 1.68. The van der Waals surface area contributed by atoms with Crippen molar-refractivity contribution in [3.63, 3.8) is 0 Å². The third-order valence-electron chi connectivity index (χ3n) is 6.91. The maximum absolute atomic E-state index is 14.4. The summed E-state index contributed by atoms with van der Waals surface area (Å²) in [5.74, 6) is -0.547. The van der Waals surface area contributed by atoms with Gasteiger partial charge in [0.25, 0.3) is 10.0 Å². The van der Waals surface area contributed by atoms with Crippen molar-refractivity contribution < 1.29 is 22.7 Å². The molecule has 0 radical (unpaired) electrons. The zero-order valence-electron chi connectivity index (χ0n) is 24.3. The number of rotatable bonds is 13. The Kier molecular flexibility index (Phi) is 11.3. The first-order valence-corrected chi connectivity index (χ1v) is 16.1. The van der Waals surface area contributed by atoms with Crippen LogP contribution in [0.4, 0.5) is 5.69 Å². The average Bonchev–Trinajstić information content (AvgIpc) is 3.04. The van der Waals surface area contributed by atoms with Gasteiger partial charge in [-0.1, -0.05) is 83.9 Å². The number of hydrogen-bond donors (Lipinski definition) is 1. The molecule has 8 nitrogen and oxygen atoms in total. The van der Waals surface area contributed by atoms with Gasteiger partial charge in [0.1, 0.15) is 18.3 Å². The van der Waals surface area contributed by atoms with Crippen LogP contribution in [0, 0.1) is 0 Å². The van der Waals surface area contributed by atoms with Crippen molar-refractivity contribution in [1.82, 2.24) is 10.2 Å². The Morgan fingerprint density at radius 2 is 1.52 bits per heavy atom. The highest BCUT2D eigenvalue weighted by Crippen LogP contribution is 2.29. The Bertz CT molecular complexity index is 1690. The van der Waals surface area contributed by atoms with E-state index in [1.54, 1.807) is 67.6 Å². The van der Waals surface area contributed by atoms with Crippen LogP contribution < -0.4 is 14.4 Å². The maximum Gasteiger partial charge on any atom is 0.264 e. The maximum atomic E-state index is 14.4. The van der Waals surface area contributed by atoms with Gasteiger partial charge in [-0.3, -0.25) is 13.9 Å². The number of hydrogen-bond acceptors (Lipinski definition) is 5. The van der Waals surface area contributed by atoms with E-state index < -0.39 is 28.5 Å². The molecule has 44 heavy (non-hydrogen) atoms. The van der Waals surface area contributed by atoms with Crippen LogP contribution in [0.5, 0.6) is 5.75 Å². The van der Waals surface area contributed by atoms with Crippen molar-refractivity contribution in [1.29, 1.82) is 0 Å². The number of nitrogens with one attached hydrogen (secondary N) is 1. The van der Waals surface area contributed by atoms with Crippen LogP contribution in [-0.2, 0) is 32.6 Å². The summed E-state index contributed by atoms with van der Waals surface area (Å²) in [7, 11) is -2.74. The lowest BCUT2D eigenvalue weighted by atomic mass is 10.0. The van der Waals surface area contributed by atoms with E-state index >= 15 is 0 Å². The van der Waals surface area contributed by atoms with Gasteiger partial charge in [0, 0.05) is 25.6 Å². The van der Waals surface area contributed by atoms with E-state index in [2.05, 4.69) is 5.32 Å². The van der Waals surface area contributed by atoms with Crippen molar-refractivity contribution in [2.75, 3.05) is 24.5 Å². The highest BCUT2D eigenvalue weighted by molar-refractivity contribution is 7.92. The number of halogens is 2. The van der Waals surface area contributed by atoms with Gasteiger partial charge in [-0.05, 0) is 54.4 Å². The van der Waals surface area contributed by atoms with Crippen molar-refractivity contribution in [3.8, 4) is 5.75 Å². The van der Waals surface area contributed by atoms with Gasteiger partial charge >= 0.3 is 0 Å². The molecule has 0 unspecified atom stereocenters. The largest absolute Gasteiger partial charge is 0.497 e. The SMILES string of the molecule is CCNC(=O)[C@@H](Cc1ccccc1)N(Cc1ccc(Cl)c(Cl)c1)C(=O)CN(c1cccc(OC)c1)S(=O)(=O)c1ccccc1. The summed E-state index contributed by atoms with van der Waals surface area (Å²) >= 11 is 12.5. The standard InChI is InChI=1S/C33H33Cl2N3O5S/c1-3-36-33(40)31(20-24-11-6-4-7-12-24)37(22-25-17-18-29(34)30(35)19-25)32(39)23-38(26-13-10-14-27(21-26)43-2)44(41,42)28-15-8-5-9-16-28/h4-19,21,31H,3,20,22-23H2,1-2H3,(H,36,40)/t31-/m1/s1. The predicted octanol–water partition coefficient (Wildman–Crippen LogP) is 5.97. The molecule has 0 saturated heterocycles. The first-order chi connectivity index (χ1) is 21.1. The smallest absolute Gasteiger partial charge is 0.264 e. The van der Waals surface area contributed by atoms with Gasteiger partial charge in [-0.15, -0.1) is 0 Å². The highest BCUT2D eigenvalue weighted by Gasteiger charge is 2.34. The molecule has 0 aliphatic rings. The Labute approximate surface area is 268 Å². The van der Waals surface area contributed by atoms with Crippen molar-refractivity contribution in [3.05, 3.63) is 124 Å². The van der Waals surface area contributed by atoms with Crippen LogP contribution in [0.2, 0.25) is 10.0 Å². The Balaban J connectivity index is 1.81. The number of carbonyl (C=O) groups is 2. The van der Waals surface area contributed by atoms with E-state index in [-0.39, 0.29) is 29.5 Å². The lowest BCUT2D eigenvalue weighted by molar-refractivity contribution is -0.140. The van der Waals surface area contributed by atoms with E-state index in [1.165, 1.54) is 24.1 Å². The summed E-state index contributed by atoms with van der Waals surface area (Å²) in [4.78, 5) is 29.4. The van der Waals surface area contributed by atoms with Crippen LogP contribution in [0.25, 0.3) is 0 Å². The lowest BCUT2D eigenvalue weighted by Crippen LogP contribution is -2.53. The van der Waals surface area contributed by atoms with E-state index in [0.717, 1.165) is 9.87 Å². The Morgan fingerprint density at radius 3 is 2.16 bits per heavy atom. The average molecular weight is 655 g/mol. The number of likely N-dealkylation sites (N-methyl/N-ethyl adjacent to an activating group) is 1. The number of benzene rings is 4. The van der Waals surface area contributed by atoms with Crippen LogP contribution in [0.1, 0.15) is 18.1 Å². The second kappa shape index (κ2) is 15.1. The number of sulfonamides is 1. The number of carbonyl (C=O) groups excluding carboxylic acids is 2. The molecular formula is C33H33Cl2N3O5S. The summed E-state index contributed by atoms with van der Waals surface area (Å²) < 4.78 is 34.4.